The molecule has 116 valence electrons. The molecule has 0 saturated carbocycles. The second-order valence-electron chi connectivity index (χ2n) is 4.31. The van der Waals surface area contributed by atoms with E-state index in [2.05, 4.69) is 36.4 Å². The third-order valence-electron chi connectivity index (χ3n) is 2.72. The van der Waals surface area contributed by atoms with E-state index in [0.717, 1.165) is 0 Å². The molecule has 1 nitrogen and oxygen atoms in total. The van der Waals surface area contributed by atoms with Gasteiger partial charge in [-0.25, -0.2) is 4.57 Å². The predicted molar refractivity (Wildman–Crippen MR) is 80.6 cm³/mol. The van der Waals surface area contributed by atoms with E-state index >= 15 is 0 Å². The van der Waals surface area contributed by atoms with Gasteiger partial charge in [-0.05, 0) is 0 Å². The van der Waals surface area contributed by atoms with E-state index < -0.39 is 0 Å². The molecule has 0 unspecified atom stereocenters. The molecule has 0 aliphatic carbocycles. The Morgan fingerprint density at radius 1 is 0.952 bits per heavy atom. The molecule has 1 heterocycles. The molecule has 3 heteroatoms. The Balaban J connectivity index is 0.000000491. The summed E-state index contributed by atoms with van der Waals surface area (Å²) in [5.74, 6) is 0. The first-order chi connectivity index (χ1) is 9.34. The maximum atomic E-state index is 2.12. The summed E-state index contributed by atoms with van der Waals surface area (Å²) in [7, 11) is 2.02. The molecule has 1 aromatic heterocycles. The number of nitrogens with zero attached hydrogens (tertiary/aromatic N) is 1. The Morgan fingerprint density at radius 3 is 1.90 bits per heavy atom. The standard InChI is InChI=1S/C13H13N.C5H5.Fe.HI/c1-14-10-8-13(9-11-14)7-6-12-4-2-3-5-12;1-2-4-5-3-1;;/h2-11H,1H3;1-5H;;1H/q;-5;;/p-1. The minimum absolute atomic E-state index is 0. The summed E-state index contributed by atoms with van der Waals surface area (Å²) in [5.41, 5.74) is 2.47. The van der Waals surface area contributed by atoms with E-state index in [4.69, 9.17) is 0 Å². The molecule has 0 atom stereocenters. The minimum atomic E-state index is 0. The van der Waals surface area contributed by atoms with Gasteiger partial charge in [0, 0.05) is 29.2 Å². The predicted octanol–water partition coefficient (Wildman–Crippen LogP) is 0.807. The number of aryl methyl sites for hydroxylation is 1. The molecular formula is C18H18FeIN-6. The molecule has 3 rings (SSSR count). The number of rotatable bonds is 2. The van der Waals surface area contributed by atoms with Gasteiger partial charge in [0.05, 0.1) is 0 Å². The fourth-order valence-electron chi connectivity index (χ4n) is 1.64. The van der Waals surface area contributed by atoms with Gasteiger partial charge in [0.25, 0.3) is 0 Å². The van der Waals surface area contributed by atoms with Crippen LogP contribution < -0.4 is 28.5 Å². The summed E-state index contributed by atoms with van der Waals surface area (Å²) < 4.78 is 2.03. The summed E-state index contributed by atoms with van der Waals surface area (Å²) in [6.07, 6.45) is 8.33. The maximum Gasteiger partial charge on any atom is 0.168 e. The molecule has 0 N–H and O–H groups in total. The van der Waals surface area contributed by atoms with Gasteiger partial charge >= 0.3 is 0 Å². The second kappa shape index (κ2) is 11.5. The molecule has 0 aliphatic rings. The average molecular weight is 431 g/mol. The van der Waals surface area contributed by atoms with Crippen LogP contribution >= 0.6 is 0 Å². The third kappa shape index (κ3) is 8.00. The number of aromatic nitrogens is 1. The molecule has 0 aliphatic heterocycles. The van der Waals surface area contributed by atoms with Crippen LogP contribution in [0.25, 0.3) is 12.2 Å². The number of halogens is 1. The van der Waals surface area contributed by atoms with Crippen molar-refractivity contribution in [2.45, 2.75) is 0 Å². The number of pyridine rings is 1. The monoisotopic (exact) mass is 431 g/mol. The molecule has 0 saturated heterocycles. The van der Waals surface area contributed by atoms with Gasteiger partial charge in [-0.15, -0.1) is 29.8 Å². The van der Waals surface area contributed by atoms with Gasteiger partial charge in [0.2, 0.25) is 0 Å². The smallest absolute Gasteiger partial charge is 0.168 e. The van der Waals surface area contributed by atoms with E-state index in [1.165, 1.54) is 11.1 Å². The van der Waals surface area contributed by atoms with Crippen molar-refractivity contribution < 1.29 is 45.6 Å². The van der Waals surface area contributed by atoms with Crippen molar-refractivity contribution in [1.82, 2.24) is 0 Å². The van der Waals surface area contributed by atoms with Crippen LogP contribution in [0.2, 0.25) is 0 Å². The molecule has 0 spiro atoms. The largest absolute Gasteiger partial charge is 1.00 e. The van der Waals surface area contributed by atoms with Crippen molar-refractivity contribution in [1.29, 1.82) is 0 Å². The van der Waals surface area contributed by atoms with Gasteiger partial charge in [-0.3, -0.25) is 0 Å². The van der Waals surface area contributed by atoms with E-state index in [1.54, 1.807) is 0 Å². The Morgan fingerprint density at radius 2 is 1.43 bits per heavy atom. The molecule has 0 bridgehead atoms. The molecular weight excluding hydrogens is 413 g/mol. The van der Waals surface area contributed by atoms with E-state index in [-0.39, 0.29) is 41.0 Å². The van der Waals surface area contributed by atoms with Crippen molar-refractivity contribution in [3.05, 3.63) is 90.3 Å². The fourth-order valence-corrected chi connectivity index (χ4v) is 1.64. The molecule has 0 fully saturated rings. The van der Waals surface area contributed by atoms with Crippen LogP contribution in [-0.2, 0) is 24.1 Å². The summed E-state index contributed by atoms with van der Waals surface area (Å²) >= 11 is 0. The Kier molecular flexibility index (Phi) is 10.9. The molecule has 21 heavy (non-hydrogen) atoms. The molecule has 2 aromatic carbocycles. The minimum Gasteiger partial charge on any atom is -1.00 e. The van der Waals surface area contributed by atoms with Gasteiger partial charge in [0.15, 0.2) is 12.4 Å². The Labute approximate surface area is 154 Å². The van der Waals surface area contributed by atoms with Crippen LogP contribution in [0.15, 0.2) is 79.1 Å². The normalized spacial score (nSPS) is 9.19. The van der Waals surface area contributed by atoms with E-state index in [1.807, 2.05) is 66.5 Å². The first kappa shape index (κ1) is 19.8. The molecule has 0 radical (unpaired) electrons. The average Bonchev–Trinajstić information content (AvgIpc) is 3.14. The SMILES string of the molecule is C[n+]1ccc(C=C[c-]2cccc2)cc1.[Fe].[I-].[cH-]1[cH-][cH-][cH-][cH-]1. The zero-order valence-corrected chi connectivity index (χ0v) is 15.1. The Hall–Kier alpha value is -1.16. The zero-order valence-electron chi connectivity index (χ0n) is 11.8. The van der Waals surface area contributed by atoms with Crippen LogP contribution in [0.5, 0.6) is 0 Å². The van der Waals surface area contributed by atoms with Crippen LogP contribution in [0.4, 0.5) is 0 Å². The van der Waals surface area contributed by atoms with Crippen LogP contribution in [0, 0.1) is 0 Å². The summed E-state index contributed by atoms with van der Waals surface area (Å²) in [6.45, 7) is 0. The first-order valence-corrected chi connectivity index (χ1v) is 6.36. The molecule has 0 amide bonds. The first-order valence-electron chi connectivity index (χ1n) is 6.36. The van der Waals surface area contributed by atoms with Crippen LogP contribution in [0.3, 0.4) is 0 Å². The second-order valence-corrected chi connectivity index (χ2v) is 4.31. The molecule has 3 aromatic rings. The summed E-state index contributed by atoms with van der Waals surface area (Å²) in [4.78, 5) is 0. The number of hydrogen-bond donors (Lipinski definition) is 0. The van der Waals surface area contributed by atoms with Crippen LogP contribution in [0.1, 0.15) is 11.1 Å². The van der Waals surface area contributed by atoms with Crippen LogP contribution in [-0.4, -0.2) is 0 Å². The van der Waals surface area contributed by atoms with Crippen molar-refractivity contribution >= 4 is 12.2 Å². The van der Waals surface area contributed by atoms with Gasteiger partial charge in [0.1, 0.15) is 7.05 Å². The fraction of sp³-hybridized carbons (Fsp3) is 0.0556. The zero-order chi connectivity index (χ0) is 13.3. The quantitative estimate of drug-likeness (QED) is 0.245. The van der Waals surface area contributed by atoms with Gasteiger partial charge < -0.3 is 54.3 Å². The Bertz CT molecular complexity index is 563. The topological polar surface area (TPSA) is 3.88 Å². The summed E-state index contributed by atoms with van der Waals surface area (Å²) in [6, 6.07) is 22.5. The van der Waals surface area contributed by atoms with Crippen molar-refractivity contribution in [3.8, 4) is 0 Å². The van der Waals surface area contributed by atoms with Crippen molar-refractivity contribution in [2.75, 3.05) is 0 Å². The van der Waals surface area contributed by atoms with E-state index in [9.17, 15) is 0 Å². The van der Waals surface area contributed by atoms with Gasteiger partial charge in [-0.2, -0.15) is 12.1 Å². The number of hydrogen-bond acceptors (Lipinski definition) is 0. The third-order valence-corrected chi connectivity index (χ3v) is 2.72. The summed E-state index contributed by atoms with van der Waals surface area (Å²) in [5, 5.41) is 0. The van der Waals surface area contributed by atoms with Crippen molar-refractivity contribution in [3.63, 3.8) is 0 Å². The van der Waals surface area contributed by atoms with Gasteiger partial charge in [-0.1, -0.05) is 5.56 Å². The van der Waals surface area contributed by atoms with E-state index in [0.29, 0.717) is 0 Å². The maximum absolute atomic E-state index is 2.12. The van der Waals surface area contributed by atoms with Crippen molar-refractivity contribution in [2.24, 2.45) is 7.05 Å².